The van der Waals surface area contributed by atoms with Gasteiger partial charge in [0.2, 0.25) is 0 Å². The lowest BCUT2D eigenvalue weighted by atomic mass is 10.0. The third-order valence-corrected chi connectivity index (χ3v) is 5.92. The third-order valence-electron chi connectivity index (χ3n) is 5.92. The summed E-state index contributed by atoms with van der Waals surface area (Å²) in [5, 5.41) is 9.39. The van der Waals surface area contributed by atoms with E-state index in [0.717, 1.165) is 57.9 Å². The normalized spacial score (nSPS) is 20.5. The van der Waals surface area contributed by atoms with Gasteiger partial charge in [-0.1, -0.05) is 0 Å². The number of carbonyl (C=O) groups excluding carboxylic acids is 1. The second-order valence-corrected chi connectivity index (χ2v) is 7.67. The van der Waals surface area contributed by atoms with Crippen LogP contribution in [-0.4, -0.2) is 78.2 Å². The van der Waals surface area contributed by atoms with Crippen LogP contribution in [0, 0.1) is 0 Å². The highest BCUT2D eigenvalue weighted by atomic mass is 16.5. The first kappa shape index (κ1) is 19.5. The van der Waals surface area contributed by atoms with Crippen LogP contribution in [0.1, 0.15) is 23.3 Å². The zero-order valence-electron chi connectivity index (χ0n) is 16.8. The Balaban J connectivity index is 1.33. The van der Waals surface area contributed by atoms with Crippen LogP contribution >= 0.6 is 0 Å². The molecular formula is C22H28N4O3. The van der Waals surface area contributed by atoms with Gasteiger partial charge in [-0.3, -0.25) is 9.69 Å². The number of benzene rings is 1. The van der Waals surface area contributed by atoms with Crippen molar-refractivity contribution in [1.82, 2.24) is 14.8 Å². The van der Waals surface area contributed by atoms with Gasteiger partial charge in [-0.15, -0.1) is 0 Å². The molecule has 1 atom stereocenters. The smallest absolute Gasteiger partial charge is 0.272 e. The number of hydrogen-bond acceptors (Lipinski definition) is 6. The monoisotopic (exact) mass is 396 g/mol. The number of nitrogens with zero attached hydrogens (tertiary/aromatic N) is 4. The molecule has 0 aliphatic carbocycles. The summed E-state index contributed by atoms with van der Waals surface area (Å²) in [5.41, 5.74) is 1.62. The van der Waals surface area contributed by atoms with Crippen molar-refractivity contribution in [2.75, 3.05) is 51.3 Å². The molecule has 154 valence electrons. The maximum atomic E-state index is 12.8. The fourth-order valence-electron chi connectivity index (χ4n) is 4.25. The van der Waals surface area contributed by atoms with Gasteiger partial charge in [0.1, 0.15) is 17.2 Å². The number of anilines is 1. The van der Waals surface area contributed by atoms with E-state index in [1.54, 1.807) is 13.2 Å². The Morgan fingerprint density at radius 1 is 1.07 bits per heavy atom. The van der Waals surface area contributed by atoms with E-state index in [4.69, 9.17) is 4.74 Å². The van der Waals surface area contributed by atoms with E-state index in [9.17, 15) is 9.90 Å². The first-order chi connectivity index (χ1) is 14.1. The van der Waals surface area contributed by atoms with Gasteiger partial charge in [0.15, 0.2) is 0 Å². The molecule has 2 aliphatic heterocycles. The molecule has 2 aromatic rings. The van der Waals surface area contributed by atoms with Crippen LogP contribution in [0.15, 0.2) is 42.6 Å². The molecule has 3 heterocycles. The highest BCUT2D eigenvalue weighted by molar-refractivity contribution is 5.92. The van der Waals surface area contributed by atoms with E-state index in [-0.39, 0.29) is 11.7 Å². The van der Waals surface area contributed by atoms with Crippen molar-refractivity contribution in [3.05, 3.63) is 48.3 Å². The number of aromatic hydroxyl groups is 1. The maximum absolute atomic E-state index is 12.8. The Morgan fingerprint density at radius 3 is 2.48 bits per heavy atom. The minimum atomic E-state index is -0.0495. The fourth-order valence-corrected chi connectivity index (χ4v) is 4.25. The Bertz CT molecular complexity index is 817. The summed E-state index contributed by atoms with van der Waals surface area (Å²) in [7, 11) is 1.68. The number of pyridine rings is 1. The van der Waals surface area contributed by atoms with Crippen molar-refractivity contribution in [3.8, 4) is 11.5 Å². The van der Waals surface area contributed by atoms with Gasteiger partial charge in [0.05, 0.1) is 13.3 Å². The van der Waals surface area contributed by atoms with E-state index in [1.165, 1.54) is 18.0 Å². The molecule has 0 radical (unpaired) electrons. The van der Waals surface area contributed by atoms with E-state index in [1.807, 2.05) is 17.0 Å². The number of piperazine rings is 1. The largest absolute Gasteiger partial charge is 0.506 e. The quantitative estimate of drug-likeness (QED) is 0.855. The molecule has 7 heteroatoms. The predicted octanol–water partition coefficient (Wildman–Crippen LogP) is 2.22. The van der Waals surface area contributed by atoms with E-state index < -0.39 is 0 Å². The Kier molecular flexibility index (Phi) is 5.85. The molecule has 2 saturated heterocycles. The summed E-state index contributed by atoms with van der Waals surface area (Å²) >= 11 is 0. The number of carbonyl (C=O) groups is 1. The summed E-state index contributed by atoms with van der Waals surface area (Å²) in [6, 6.07) is 11.7. The van der Waals surface area contributed by atoms with Crippen molar-refractivity contribution in [1.29, 1.82) is 0 Å². The van der Waals surface area contributed by atoms with Gasteiger partial charge >= 0.3 is 0 Å². The average Bonchev–Trinajstić information content (AvgIpc) is 2.79. The van der Waals surface area contributed by atoms with E-state index in [2.05, 4.69) is 26.9 Å². The van der Waals surface area contributed by atoms with Crippen LogP contribution in [-0.2, 0) is 0 Å². The van der Waals surface area contributed by atoms with Crippen LogP contribution in [0.5, 0.6) is 11.5 Å². The minimum Gasteiger partial charge on any atom is -0.506 e. The molecule has 0 spiro atoms. The van der Waals surface area contributed by atoms with E-state index in [0.29, 0.717) is 11.7 Å². The van der Waals surface area contributed by atoms with Gasteiger partial charge in [0.25, 0.3) is 5.91 Å². The standard InChI is InChI=1S/C22H28N4O3/c1-29-20-7-4-17(5-8-20)24-11-13-25(14-12-24)18-3-2-10-26(16-18)22(28)21-9-6-19(27)15-23-21/h4-9,15,18,27H,2-3,10-14,16H2,1H3/t18-/m0/s1. The zero-order chi connectivity index (χ0) is 20.2. The highest BCUT2D eigenvalue weighted by Crippen LogP contribution is 2.23. The number of ether oxygens (including phenoxy) is 1. The molecule has 4 rings (SSSR count). The molecule has 2 aliphatic rings. The van der Waals surface area contributed by atoms with E-state index >= 15 is 0 Å². The van der Waals surface area contributed by atoms with Crippen LogP contribution in [0.3, 0.4) is 0 Å². The van der Waals surface area contributed by atoms with Gasteiger partial charge in [0, 0.05) is 51.0 Å². The molecule has 1 N–H and O–H groups in total. The minimum absolute atomic E-state index is 0.0495. The number of likely N-dealkylation sites (tertiary alicyclic amines) is 1. The van der Waals surface area contributed by atoms with Crippen molar-refractivity contribution < 1.29 is 14.6 Å². The third kappa shape index (κ3) is 4.45. The summed E-state index contributed by atoms with van der Waals surface area (Å²) in [6.45, 7) is 5.46. The molecule has 29 heavy (non-hydrogen) atoms. The molecule has 0 bridgehead atoms. The lowest BCUT2D eigenvalue weighted by Crippen LogP contribution is -2.56. The summed E-state index contributed by atoms with van der Waals surface area (Å²) in [6.07, 6.45) is 3.45. The summed E-state index contributed by atoms with van der Waals surface area (Å²) < 4.78 is 5.24. The molecule has 0 saturated carbocycles. The van der Waals surface area contributed by atoms with Gasteiger partial charge in [-0.25, -0.2) is 4.98 Å². The lowest BCUT2D eigenvalue weighted by molar-refractivity contribution is 0.0558. The SMILES string of the molecule is COc1ccc(N2CCN([C@H]3CCCN(C(=O)c4ccc(O)cn4)C3)CC2)cc1. The molecule has 7 nitrogen and oxygen atoms in total. The molecule has 1 aromatic heterocycles. The number of rotatable bonds is 4. The summed E-state index contributed by atoms with van der Waals surface area (Å²) in [4.78, 5) is 23.7. The lowest BCUT2D eigenvalue weighted by Gasteiger charge is -2.43. The van der Waals surface area contributed by atoms with Crippen LogP contribution in [0.4, 0.5) is 5.69 Å². The fraction of sp³-hybridized carbons (Fsp3) is 0.455. The Morgan fingerprint density at radius 2 is 1.83 bits per heavy atom. The summed E-state index contributed by atoms with van der Waals surface area (Å²) in [5.74, 6) is 0.904. The van der Waals surface area contributed by atoms with Crippen molar-refractivity contribution in [2.24, 2.45) is 0 Å². The zero-order valence-corrected chi connectivity index (χ0v) is 16.8. The Hall–Kier alpha value is -2.80. The second kappa shape index (κ2) is 8.69. The topological polar surface area (TPSA) is 69.1 Å². The first-order valence-corrected chi connectivity index (χ1v) is 10.2. The van der Waals surface area contributed by atoms with Gasteiger partial charge in [-0.05, 0) is 49.2 Å². The number of methoxy groups -OCH3 is 1. The van der Waals surface area contributed by atoms with Crippen LogP contribution in [0.25, 0.3) is 0 Å². The average molecular weight is 396 g/mol. The van der Waals surface area contributed by atoms with Gasteiger partial charge in [-0.2, -0.15) is 0 Å². The number of amides is 1. The number of piperidine rings is 1. The predicted molar refractivity (Wildman–Crippen MR) is 112 cm³/mol. The van der Waals surface area contributed by atoms with Crippen molar-refractivity contribution >= 4 is 11.6 Å². The molecule has 1 aromatic carbocycles. The molecule has 1 amide bonds. The molecule has 2 fully saturated rings. The number of aromatic nitrogens is 1. The van der Waals surface area contributed by atoms with Crippen LogP contribution in [0.2, 0.25) is 0 Å². The first-order valence-electron chi connectivity index (χ1n) is 10.2. The van der Waals surface area contributed by atoms with Crippen molar-refractivity contribution in [2.45, 2.75) is 18.9 Å². The Labute approximate surface area is 171 Å². The highest BCUT2D eigenvalue weighted by Gasteiger charge is 2.30. The number of hydrogen-bond donors (Lipinski definition) is 1. The molecular weight excluding hydrogens is 368 g/mol. The van der Waals surface area contributed by atoms with Gasteiger partial charge < -0.3 is 19.6 Å². The van der Waals surface area contributed by atoms with Crippen LogP contribution < -0.4 is 9.64 Å². The van der Waals surface area contributed by atoms with Crippen molar-refractivity contribution in [3.63, 3.8) is 0 Å². The maximum Gasteiger partial charge on any atom is 0.272 e. The second-order valence-electron chi connectivity index (χ2n) is 7.67. The molecule has 0 unspecified atom stereocenters.